The number of carbonyl (C=O) groups excluding carboxylic acids is 1. The minimum atomic E-state index is -0.0163. The number of carbonyl (C=O) groups is 1. The summed E-state index contributed by atoms with van der Waals surface area (Å²) in [6, 6.07) is -0.0163. The monoisotopic (exact) mass is 349 g/mol. The van der Waals surface area contributed by atoms with Crippen LogP contribution in [0.25, 0.3) is 0 Å². The SMILES string of the molecule is CCCN1CC2(CCN(C)CC2)C[C@H]1C(=O)N(C)Cc1nc(C)no1. The number of hydrogen-bond acceptors (Lipinski definition) is 6. The second-order valence-corrected chi connectivity index (χ2v) is 7.92. The molecule has 0 bridgehead atoms. The van der Waals surface area contributed by atoms with Gasteiger partial charge in [0.1, 0.15) is 0 Å². The van der Waals surface area contributed by atoms with Crippen molar-refractivity contribution < 1.29 is 9.32 Å². The molecule has 0 aliphatic carbocycles. The van der Waals surface area contributed by atoms with Gasteiger partial charge in [0.25, 0.3) is 0 Å². The standard InChI is InChI=1S/C18H31N5O2/c1-5-8-23-13-18(6-9-21(3)10-7-18)11-15(23)17(24)22(4)12-16-19-14(2)20-25-16/h15H,5-13H2,1-4H3/t15-/m0/s1. The Hall–Kier alpha value is -1.47. The highest BCUT2D eigenvalue weighted by molar-refractivity contribution is 5.82. The van der Waals surface area contributed by atoms with Gasteiger partial charge in [-0.25, -0.2) is 0 Å². The number of aryl methyl sites for hydroxylation is 1. The Morgan fingerprint density at radius 1 is 1.40 bits per heavy atom. The molecule has 1 spiro atoms. The summed E-state index contributed by atoms with van der Waals surface area (Å²) >= 11 is 0. The number of piperidine rings is 1. The maximum Gasteiger partial charge on any atom is 0.246 e. The topological polar surface area (TPSA) is 65.7 Å². The summed E-state index contributed by atoms with van der Waals surface area (Å²) in [5.41, 5.74) is 0.309. The largest absolute Gasteiger partial charge is 0.337 e. The molecule has 25 heavy (non-hydrogen) atoms. The molecular formula is C18H31N5O2. The van der Waals surface area contributed by atoms with Gasteiger partial charge < -0.3 is 14.3 Å². The molecule has 1 aromatic rings. The molecule has 0 saturated carbocycles. The molecule has 1 atom stereocenters. The van der Waals surface area contributed by atoms with Crippen LogP contribution in [0.3, 0.4) is 0 Å². The third-order valence-corrected chi connectivity index (χ3v) is 5.77. The molecule has 0 aromatic carbocycles. The molecule has 2 fully saturated rings. The van der Waals surface area contributed by atoms with Crippen LogP contribution in [0.1, 0.15) is 44.3 Å². The Labute approximate surface area is 150 Å². The fraction of sp³-hybridized carbons (Fsp3) is 0.833. The summed E-state index contributed by atoms with van der Waals surface area (Å²) in [5, 5.41) is 3.81. The third kappa shape index (κ3) is 4.03. The van der Waals surface area contributed by atoms with Crippen molar-refractivity contribution in [3.05, 3.63) is 11.7 Å². The van der Waals surface area contributed by atoms with Crippen LogP contribution < -0.4 is 0 Å². The van der Waals surface area contributed by atoms with E-state index in [1.165, 1.54) is 12.8 Å². The fourth-order valence-electron chi connectivity index (χ4n) is 4.30. The van der Waals surface area contributed by atoms with Crippen LogP contribution in [-0.4, -0.2) is 77.1 Å². The smallest absolute Gasteiger partial charge is 0.246 e. The summed E-state index contributed by atoms with van der Waals surface area (Å²) in [6.45, 7) is 8.67. The Morgan fingerprint density at radius 3 is 2.72 bits per heavy atom. The lowest BCUT2D eigenvalue weighted by molar-refractivity contribution is -0.135. The Morgan fingerprint density at radius 2 is 2.12 bits per heavy atom. The predicted octanol–water partition coefficient (Wildman–Crippen LogP) is 1.53. The Bertz CT molecular complexity index is 594. The second kappa shape index (κ2) is 7.41. The number of rotatable bonds is 5. The Kier molecular flexibility index (Phi) is 5.43. The van der Waals surface area contributed by atoms with Crippen molar-refractivity contribution >= 4 is 5.91 Å². The molecule has 140 valence electrons. The first kappa shape index (κ1) is 18.3. The molecule has 2 aliphatic rings. The fourth-order valence-corrected chi connectivity index (χ4v) is 4.30. The predicted molar refractivity (Wildman–Crippen MR) is 94.9 cm³/mol. The van der Waals surface area contributed by atoms with E-state index in [2.05, 4.69) is 33.9 Å². The van der Waals surface area contributed by atoms with E-state index in [9.17, 15) is 4.79 Å². The third-order valence-electron chi connectivity index (χ3n) is 5.77. The first-order valence-electron chi connectivity index (χ1n) is 9.39. The molecule has 2 saturated heterocycles. The van der Waals surface area contributed by atoms with E-state index in [0.29, 0.717) is 23.7 Å². The summed E-state index contributed by atoms with van der Waals surface area (Å²) in [5.74, 6) is 1.29. The average molecular weight is 349 g/mol. The molecule has 7 heteroatoms. The highest BCUT2D eigenvalue weighted by Gasteiger charge is 2.47. The molecule has 1 amide bonds. The van der Waals surface area contributed by atoms with Gasteiger partial charge in [0.05, 0.1) is 12.6 Å². The summed E-state index contributed by atoms with van der Waals surface area (Å²) < 4.78 is 5.17. The molecule has 3 rings (SSSR count). The number of likely N-dealkylation sites (tertiary alicyclic amines) is 2. The highest BCUT2D eigenvalue weighted by atomic mass is 16.5. The minimum absolute atomic E-state index is 0.0163. The van der Waals surface area contributed by atoms with Gasteiger partial charge in [0.2, 0.25) is 11.8 Å². The number of amides is 1. The van der Waals surface area contributed by atoms with Crippen molar-refractivity contribution in [2.75, 3.05) is 40.3 Å². The molecule has 2 aliphatic heterocycles. The zero-order chi connectivity index (χ0) is 18.0. The van der Waals surface area contributed by atoms with Crippen molar-refractivity contribution in [1.29, 1.82) is 0 Å². The van der Waals surface area contributed by atoms with Crippen molar-refractivity contribution in [2.45, 2.75) is 52.1 Å². The quantitative estimate of drug-likeness (QED) is 0.803. The summed E-state index contributed by atoms with van der Waals surface area (Å²) in [6.07, 6.45) is 4.44. The van der Waals surface area contributed by atoms with E-state index in [0.717, 1.165) is 39.0 Å². The van der Waals surface area contributed by atoms with Gasteiger partial charge >= 0.3 is 0 Å². The van der Waals surface area contributed by atoms with Crippen LogP contribution in [0.2, 0.25) is 0 Å². The van der Waals surface area contributed by atoms with Gasteiger partial charge in [0.15, 0.2) is 5.82 Å². The average Bonchev–Trinajstić information content (AvgIpc) is 3.14. The van der Waals surface area contributed by atoms with Gasteiger partial charge in [-0.05, 0) is 64.7 Å². The molecule has 7 nitrogen and oxygen atoms in total. The molecule has 0 radical (unpaired) electrons. The van der Waals surface area contributed by atoms with Crippen LogP contribution in [0.15, 0.2) is 4.52 Å². The lowest BCUT2D eigenvalue weighted by atomic mass is 9.76. The van der Waals surface area contributed by atoms with Crippen LogP contribution in [0.4, 0.5) is 0 Å². The first-order chi connectivity index (χ1) is 11.9. The lowest BCUT2D eigenvalue weighted by Crippen LogP contribution is -2.44. The van der Waals surface area contributed by atoms with E-state index in [-0.39, 0.29) is 11.9 Å². The number of nitrogens with zero attached hydrogens (tertiary/aromatic N) is 5. The van der Waals surface area contributed by atoms with Crippen LogP contribution >= 0.6 is 0 Å². The molecular weight excluding hydrogens is 318 g/mol. The number of aromatic nitrogens is 2. The van der Waals surface area contributed by atoms with Crippen molar-refractivity contribution in [1.82, 2.24) is 24.8 Å². The van der Waals surface area contributed by atoms with E-state index in [4.69, 9.17) is 4.52 Å². The lowest BCUT2D eigenvalue weighted by Gasteiger charge is -2.37. The highest BCUT2D eigenvalue weighted by Crippen LogP contribution is 2.43. The van der Waals surface area contributed by atoms with Crippen molar-refractivity contribution in [3.8, 4) is 0 Å². The zero-order valence-corrected chi connectivity index (χ0v) is 16.0. The van der Waals surface area contributed by atoms with Gasteiger partial charge in [0, 0.05) is 13.6 Å². The van der Waals surface area contributed by atoms with Crippen LogP contribution in [0, 0.1) is 12.3 Å². The van der Waals surface area contributed by atoms with Gasteiger partial charge in [-0.3, -0.25) is 9.69 Å². The molecule has 0 N–H and O–H groups in total. The Balaban J connectivity index is 1.68. The van der Waals surface area contributed by atoms with Crippen molar-refractivity contribution in [3.63, 3.8) is 0 Å². The van der Waals surface area contributed by atoms with Crippen LogP contribution in [-0.2, 0) is 11.3 Å². The normalized spacial score (nSPS) is 24.1. The van der Waals surface area contributed by atoms with E-state index >= 15 is 0 Å². The molecule has 0 unspecified atom stereocenters. The van der Waals surface area contributed by atoms with E-state index < -0.39 is 0 Å². The minimum Gasteiger partial charge on any atom is -0.337 e. The number of likely N-dealkylation sites (N-methyl/N-ethyl adjacent to an activating group) is 1. The summed E-state index contributed by atoms with van der Waals surface area (Å²) in [7, 11) is 4.03. The van der Waals surface area contributed by atoms with Gasteiger partial charge in [-0.15, -0.1) is 0 Å². The van der Waals surface area contributed by atoms with Gasteiger partial charge in [-0.2, -0.15) is 4.98 Å². The maximum atomic E-state index is 13.1. The second-order valence-electron chi connectivity index (χ2n) is 7.92. The summed E-state index contributed by atoms with van der Waals surface area (Å²) in [4.78, 5) is 23.9. The van der Waals surface area contributed by atoms with Crippen molar-refractivity contribution in [2.24, 2.45) is 5.41 Å². The maximum absolute atomic E-state index is 13.1. The number of hydrogen-bond donors (Lipinski definition) is 0. The van der Waals surface area contributed by atoms with Crippen LogP contribution in [0.5, 0.6) is 0 Å². The molecule has 3 heterocycles. The first-order valence-corrected chi connectivity index (χ1v) is 9.39. The zero-order valence-electron chi connectivity index (χ0n) is 16.0. The molecule has 1 aromatic heterocycles. The van der Waals surface area contributed by atoms with Gasteiger partial charge in [-0.1, -0.05) is 12.1 Å². The van der Waals surface area contributed by atoms with E-state index in [1.54, 1.807) is 11.8 Å². The van der Waals surface area contributed by atoms with E-state index in [1.807, 2.05) is 7.05 Å².